The van der Waals surface area contributed by atoms with Gasteiger partial charge in [0.2, 0.25) is 5.91 Å². The largest absolute Gasteiger partial charge is 0.510 e. The van der Waals surface area contributed by atoms with E-state index in [9.17, 15) is 9.36 Å². The van der Waals surface area contributed by atoms with E-state index in [1.54, 1.807) is 6.92 Å². The molecule has 0 heterocycles. The highest BCUT2D eigenvalue weighted by Crippen LogP contribution is 2.20. The third kappa shape index (κ3) is 10.1. The van der Waals surface area contributed by atoms with Crippen molar-refractivity contribution < 1.29 is 18.4 Å². The number of hydrogen-bond acceptors (Lipinski definition) is 3. The van der Waals surface area contributed by atoms with Crippen LogP contribution in [-0.2, 0) is 13.9 Å². The fraction of sp³-hybridized carbons (Fsp3) is 0.727. The van der Waals surface area contributed by atoms with Crippen molar-refractivity contribution in [1.82, 2.24) is 5.32 Å². The molecule has 0 aromatic rings. The summed E-state index contributed by atoms with van der Waals surface area (Å²) in [6, 6.07) is 0. The van der Waals surface area contributed by atoms with Gasteiger partial charge in [0.15, 0.2) is 12.8 Å². The predicted molar refractivity (Wildman–Crippen MR) is 69.1 cm³/mol. The van der Waals surface area contributed by atoms with Crippen LogP contribution < -0.4 is 5.32 Å². The van der Waals surface area contributed by atoms with Crippen LogP contribution in [0.25, 0.3) is 0 Å². The number of quaternary nitrogens is 1. The van der Waals surface area contributed by atoms with Crippen LogP contribution in [-0.4, -0.2) is 57.4 Å². The summed E-state index contributed by atoms with van der Waals surface area (Å²) in [5.74, 6) is -0.209. The quantitative estimate of drug-likeness (QED) is 0.405. The molecule has 0 aliphatic carbocycles. The maximum absolute atomic E-state index is 11.4. The predicted octanol–water partition coefficient (Wildman–Crippen LogP) is 1.14. The highest BCUT2D eigenvalue weighted by atomic mass is 31.1. The van der Waals surface area contributed by atoms with Gasteiger partial charge in [-0.2, -0.15) is 0 Å². The molecule has 1 unspecified atom stereocenters. The van der Waals surface area contributed by atoms with Gasteiger partial charge in [0.05, 0.1) is 27.7 Å². The molecule has 5 nitrogen and oxygen atoms in total. The van der Waals surface area contributed by atoms with Crippen LogP contribution in [0.1, 0.15) is 6.92 Å². The lowest BCUT2D eigenvalue weighted by Crippen LogP contribution is -2.37. The van der Waals surface area contributed by atoms with Gasteiger partial charge in [0, 0.05) is 5.57 Å². The summed E-state index contributed by atoms with van der Waals surface area (Å²) in [5, 5.41) is 2.61. The molecular weight excluding hydrogens is 239 g/mol. The van der Waals surface area contributed by atoms with E-state index in [0.29, 0.717) is 24.9 Å². The molecule has 0 aromatic heterocycles. The van der Waals surface area contributed by atoms with Gasteiger partial charge in [-0.25, -0.2) is 0 Å². The average Bonchev–Trinajstić information content (AvgIpc) is 2.15. The molecule has 0 bridgehead atoms. The number of rotatable bonds is 8. The van der Waals surface area contributed by atoms with E-state index in [0.717, 1.165) is 11.0 Å². The van der Waals surface area contributed by atoms with Crippen LogP contribution in [0.5, 0.6) is 0 Å². The Labute approximate surface area is 104 Å². The van der Waals surface area contributed by atoms with E-state index in [1.165, 1.54) is 0 Å². The second-order valence-corrected chi connectivity index (χ2v) is 6.31. The molecule has 1 amide bonds. The van der Waals surface area contributed by atoms with E-state index in [-0.39, 0.29) is 5.91 Å². The van der Waals surface area contributed by atoms with Crippen molar-refractivity contribution in [2.24, 2.45) is 0 Å². The summed E-state index contributed by atoms with van der Waals surface area (Å²) in [7, 11) is 4.45. The Bertz CT molecular complexity index is 298. The molecule has 0 radical (unpaired) electrons. The van der Waals surface area contributed by atoms with E-state index < -0.39 is 8.03 Å². The number of nitrogens with zero attached hydrogens (tertiary/aromatic N) is 1. The molecule has 0 saturated carbocycles. The third-order valence-electron chi connectivity index (χ3n) is 1.96. The Morgan fingerprint density at radius 1 is 1.41 bits per heavy atom. The van der Waals surface area contributed by atoms with Crippen LogP contribution in [0.3, 0.4) is 0 Å². The molecule has 1 atom stereocenters. The summed E-state index contributed by atoms with van der Waals surface area (Å²) in [5.41, 5.74) is 0.450. The van der Waals surface area contributed by atoms with Gasteiger partial charge >= 0.3 is 8.03 Å². The Kier molecular flexibility index (Phi) is 7.19. The first-order chi connectivity index (χ1) is 7.72. The number of hydrogen-bond donors (Lipinski definition) is 1. The molecular formula is C11H23N2O3P+2. The number of likely N-dealkylation sites (N-methyl/N-ethyl adjacent to an activating group) is 1. The minimum absolute atomic E-state index is 0.209. The topological polar surface area (TPSA) is 55.4 Å². The van der Waals surface area contributed by atoms with Gasteiger partial charge < -0.3 is 9.80 Å². The van der Waals surface area contributed by atoms with E-state index in [1.807, 2.05) is 21.1 Å². The van der Waals surface area contributed by atoms with Gasteiger partial charge in [0.25, 0.3) is 0 Å². The average molecular weight is 262 g/mol. The van der Waals surface area contributed by atoms with Crippen LogP contribution in [0.15, 0.2) is 12.2 Å². The third-order valence-corrected chi connectivity index (χ3v) is 3.02. The van der Waals surface area contributed by atoms with Crippen LogP contribution in [0, 0.1) is 0 Å². The van der Waals surface area contributed by atoms with Crippen molar-refractivity contribution in [3.63, 3.8) is 0 Å². The Morgan fingerprint density at radius 2 is 2.00 bits per heavy atom. The summed E-state index contributed by atoms with van der Waals surface area (Å²) >= 11 is 0. The number of nitrogens with one attached hydrogen (secondary N) is 1. The zero-order valence-electron chi connectivity index (χ0n) is 11.2. The molecule has 1 N–H and O–H groups in total. The number of carbonyl (C=O) groups is 1. The minimum atomic E-state index is -1.69. The molecule has 0 fully saturated rings. The van der Waals surface area contributed by atoms with E-state index >= 15 is 0 Å². The van der Waals surface area contributed by atoms with Crippen LogP contribution in [0.4, 0.5) is 0 Å². The van der Waals surface area contributed by atoms with Gasteiger partial charge in [-0.3, -0.25) is 4.79 Å². The first kappa shape index (κ1) is 16.2. The zero-order chi connectivity index (χ0) is 13.5. The Balaban J connectivity index is 3.61. The molecule has 0 rings (SSSR count). The Morgan fingerprint density at radius 3 is 2.47 bits per heavy atom. The first-order valence-electron chi connectivity index (χ1n) is 5.54. The van der Waals surface area contributed by atoms with Crippen molar-refractivity contribution in [2.45, 2.75) is 6.92 Å². The zero-order valence-corrected chi connectivity index (χ0v) is 12.0. The molecule has 0 aliphatic heterocycles. The lowest BCUT2D eigenvalue weighted by atomic mass is 10.3. The molecule has 0 spiro atoms. The van der Waals surface area contributed by atoms with Crippen molar-refractivity contribution >= 4 is 13.9 Å². The fourth-order valence-corrected chi connectivity index (χ4v) is 1.60. The van der Waals surface area contributed by atoms with Gasteiger partial charge in [-0.05, 0) is 11.5 Å². The molecule has 17 heavy (non-hydrogen) atoms. The summed E-state index contributed by atoms with van der Waals surface area (Å²) in [4.78, 5) is 11.1. The minimum Gasteiger partial charge on any atom is -0.348 e. The Hall–Kier alpha value is -0.770. The van der Waals surface area contributed by atoms with Crippen molar-refractivity contribution in [1.29, 1.82) is 0 Å². The summed E-state index contributed by atoms with van der Waals surface area (Å²) < 4.78 is 17.4. The SMILES string of the molecule is C=C(C)C(=O)NCC[P+](=O)OCC[N+](C)(C)C. The molecule has 0 saturated heterocycles. The first-order valence-corrected chi connectivity index (χ1v) is 6.90. The molecule has 98 valence electrons. The van der Waals surface area contributed by atoms with E-state index in [2.05, 4.69) is 11.9 Å². The lowest BCUT2D eigenvalue weighted by molar-refractivity contribution is -0.870. The fourth-order valence-electron chi connectivity index (χ4n) is 0.893. The van der Waals surface area contributed by atoms with E-state index in [4.69, 9.17) is 4.52 Å². The highest BCUT2D eigenvalue weighted by Gasteiger charge is 2.19. The maximum atomic E-state index is 11.4. The summed E-state index contributed by atoms with van der Waals surface area (Å²) in [6.07, 6.45) is 0.339. The van der Waals surface area contributed by atoms with Crippen LogP contribution in [0.2, 0.25) is 0 Å². The highest BCUT2D eigenvalue weighted by molar-refractivity contribution is 7.39. The summed E-state index contributed by atoms with van der Waals surface area (Å²) in [6.45, 7) is 6.77. The smallest absolute Gasteiger partial charge is 0.348 e. The molecule has 0 aromatic carbocycles. The van der Waals surface area contributed by atoms with Crippen molar-refractivity contribution in [3.05, 3.63) is 12.2 Å². The van der Waals surface area contributed by atoms with Gasteiger partial charge in [-0.15, -0.1) is 4.52 Å². The standard InChI is InChI=1S/C11H22N2O3P/c1-10(2)11(14)12-6-9-17(15)16-8-7-13(3,4)5/h1,6-9H2,2-5H3/q+1/p+1. The molecule has 0 aliphatic rings. The second-order valence-electron chi connectivity index (χ2n) is 4.94. The molecule has 6 heteroatoms. The maximum Gasteiger partial charge on any atom is 0.510 e. The van der Waals surface area contributed by atoms with Gasteiger partial charge in [0.1, 0.15) is 6.54 Å². The normalized spacial score (nSPS) is 12.1. The van der Waals surface area contributed by atoms with Crippen LogP contribution >= 0.6 is 8.03 Å². The number of amides is 1. The van der Waals surface area contributed by atoms with Crippen molar-refractivity contribution in [3.8, 4) is 0 Å². The van der Waals surface area contributed by atoms with Crippen molar-refractivity contribution in [2.75, 3.05) is 47.0 Å². The monoisotopic (exact) mass is 262 g/mol. The lowest BCUT2D eigenvalue weighted by Gasteiger charge is -2.21. The van der Waals surface area contributed by atoms with Gasteiger partial charge in [-0.1, -0.05) is 6.58 Å². The second kappa shape index (κ2) is 7.54. The number of carbonyl (C=O) groups excluding carboxylic acids is 1.